The maximum absolute atomic E-state index is 13.6. The zero-order valence-electron chi connectivity index (χ0n) is 12.0. The SMILES string of the molecule is CCCn1cc(NC(=O)NCC2CCNCC2(F)F)cn1. The Kier molecular flexibility index (Phi) is 5.11. The second-order valence-corrected chi connectivity index (χ2v) is 5.25. The van der Waals surface area contributed by atoms with Crippen molar-refractivity contribution in [2.45, 2.75) is 32.2 Å². The largest absolute Gasteiger partial charge is 0.337 e. The van der Waals surface area contributed by atoms with Crippen LogP contribution in [0.3, 0.4) is 0 Å². The fraction of sp³-hybridized carbons (Fsp3) is 0.692. The summed E-state index contributed by atoms with van der Waals surface area (Å²) in [7, 11) is 0. The van der Waals surface area contributed by atoms with E-state index in [2.05, 4.69) is 21.0 Å². The second-order valence-electron chi connectivity index (χ2n) is 5.25. The standard InChI is InChI=1S/C13H21F2N5O/c1-2-5-20-8-11(7-18-20)19-12(21)17-6-10-3-4-16-9-13(10,14)15/h7-8,10,16H,2-6,9H2,1H3,(H2,17,19,21). The van der Waals surface area contributed by atoms with Gasteiger partial charge in [-0.3, -0.25) is 4.68 Å². The van der Waals surface area contributed by atoms with E-state index in [1.165, 1.54) is 6.20 Å². The molecule has 1 unspecified atom stereocenters. The number of hydrogen-bond acceptors (Lipinski definition) is 3. The summed E-state index contributed by atoms with van der Waals surface area (Å²) in [6, 6.07) is -0.486. The van der Waals surface area contributed by atoms with E-state index in [0.717, 1.165) is 13.0 Å². The minimum Gasteiger partial charge on any atom is -0.337 e. The van der Waals surface area contributed by atoms with E-state index in [0.29, 0.717) is 18.7 Å². The third-order valence-corrected chi connectivity index (χ3v) is 3.48. The summed E-state index contributed by atoms with van der Waals surface area (Å²) in [6.07, 6.45) is 4.54. The van der Waals surface area contributed by atoms with Crippen LogP contribution in [0.2, 0.25) is 0 Å². The van der Waals surface area contributed by atoms with Gasteiger partial charge in [0.1, 0.15) is 0 Å². The van der Waals surface area contributed by atoms with Crippen molar-refractivity contribution in [3.63, 3.8) is 0 Å². The number of aryl methyl sites for hydroxylation is 1. The molecule has 0 aliphatic carbocycles. The zero-order valence-corrected chi connectivity index (χ0v) is 12.0. The van der Waals surface area contributed by atoms with Crippen LogP contribution in [-0.4, -0.2) is 41.4 Å². The Bertz CT molecular complexity index is 477. The topological polar surface area (TPSA) is 71.0 Å². The molecule has 0 bridgehead atoms. The van der Waals surface area contributed by atoms with E-state index in [-0.39, 0.29) is 13.1 Å². The molecule has 1 aromatic heterocycles. The predicted octanol–water partition coefficient (Wildman–Crippen LogP) is 1.66. The van der Waals surface area contributed by atoms with E-state index >= 15 is 0 Å². The number of amides is 2. The molecular weight excluding hydrogens is 280 g/mol. The number of halogens is 2. The van der Waals surface area contributed by atoms with Crippen molar-refractivity contribution < 1.29 is 13.6 Å². The number of alkyl halides is 2. The van der Waals surface area contributed by atoms with E-state index in [9.17, 15) is 13.6 Å². The van der Waals surface area contributed by atoms with Gasteiger partial charge in [0, 0.05) is 25.2 Å². The first-order valence-corrected chi connectivity index (χ1v) is 7.17. The lowest BCUT2D eigenvalue weighted by Gasteiger charge is -2.31. The van der Waals surface area contributed by atoms with Crippen molar-refractivity contribution in [2.75, 3.05) is 25.0 Å². The summed E-state index contributed by atoms with van der Waals surface area (Å²) < 4.78 is 28.9. The maximum atomic E-state index is 13.6. The summed E-state index contributed by atoms with van der Waals surface area (Å²) in [6.45, 7) is 2.98. The van der Waals surface area contributed by atoms with Gasteiger partial charge in [-0.1, -0.05) is 6.92 Å². The first-order chi connectivity index (χ1) is 10.0. The van der Waals surface area contributed by atoms with E-state index < -0.39 is 17.9 Å². The molecule has 21 heavy (non-hydrogen) atoms. The third-order valence-electron chi connectivity index (χ3n) is 3.48. The van der Waals surface area contributed by atoms with Crippen molar-refractivity contribution in [2.24, 2.45) is 5.92 Å². The summed E-state index contributed by atoms with van der Waals surface area (Å²) in [5.74, 6) is -3.61. The molecule has 2 rings (SSSR count). The van der Waals surface area contributed by atoms with Crippen LogP contribution in [0.25, 0.3) is 0 Å². The molecule has 1 saturated heterocycles. The molecule has 6 nitrogen and oxygen atoms in total. The number of piperidine rings is 1. The summed E-state index contributed by atoms with van der Waals surface area (Å²) in [5.41, 5.74) is 0.554. The van der Waals surface area contributed by atoms with Gasteiger partial charge in [-0.25, -0.2) is 13.6 Å². The highest BCUT2D eigenvalue weighted by Crippen LogP contribution is 2.28. The Labute approximate surface area is 122 Å². The fourth-order valence-electron chi connectivity index (χ4n) is 2.31. The lowest BCUT2D eigenvalue weighted by molar-refractivity contribution is -0.0709. The van der Waals surface area contributed by atoms with Gasteiger partial charge < -0.3 is 16.0 Å². The Hall–Kier alpha value is -1.70. The number of anilines is 1. The average Bonchev–Trinajstić information content (AvgIpc) is 2.85. The van der Waals surface area contributed by atoms with Gasteiger partial charge in [-0.2, -0.15) is 5.10 Å². The van der Waals surface area contributed by atoms with Crippen LogP contribution in [-0.2, 0) is 6.54 Å². The molecule has 3 N–H and O–H groups in total. The van der Waals surface area contributed by atoms with Crippen molar-refractivity contribution in [3.05, 3.63) is 12.4 Å². The molecule has 1 aliphatic heterocycles. The number of aromatic nitrogens is 2. The first kappa shape index (κ1) is 15.7. The highest BCUT2D eigenvalue weighted by atomic mass is 19.3. The third kappa shape index (κ3) is 4.38. The van der Waals surface area contributed by atoms with E-state index in [1.807, 2.05) is 6.92 Å². The van der Waals surface area contributed by atoms with Gasteiger partial charge >= 0.3 is 6.03 Å². The number of carbonyl (C=O) groups excluding carboxylic acids is 1. The Morgan fingerprint density at radius 2 is 2.43 bits per heavy atom. The molecule has 8 heteroatoms. The van der Waals surface area contributed by atoms with Crippen molar-refractivity contribution >= 4 is 11.7 Å². The number of nitrogens with one attached hydrogen (secondary N) is 3. The fourth-order valence-corrected chi connectivity index (χ4v) is 2.31. The molecule has 0 aromatic carbocycles. The first-order valence-electron chi connectivity index (χ1n) is 7.17. The summed E-state index contributed by atoms with van der Waals surface area (Å²) >= 11 is 0. The Morgan fingerprint density at radius 3 is 3.14 bits per heavy atom. The monoisotopic (exact) mass is 301 g/mol. The van der Waals surface area contributed by atoms with Crippen LogP contribution in [0.15, 0.2) is 12.4 Å². The summed E-state index contributed by atoms with van der Waals surface area (Å²) in [5, 5.41) is 11.8. The van der Waals surface area contributed by atoms with Gasteiger partial charge in [-0.05, 0) is 19.4 Å². The highest BCUT2D eigenvalue weighted by Gasteiger charge is 2.41. The van der Waals surface area contributed by atoms with Crippen molar-refractivity contribution in [1.29, 1.82) is 0 Å². The molecule has 1 atom stereocenters. The number of nitrogens with zero attached hydrogens (tertiary/aromatic N) is 2. The molecule has 2 amide bonds. The van der Waals surface area contributed by atoms with Crippen LogP contribution in [0, 0.1) is 5.92 Å². The molecule has 0 saturated carbocycles. The van der Waals surface area contributed by atoms with Gasteiger partial charge in [0.2, 0.25) is 0 Å². The number of urea groups is 1. The minimum absolute atomic E-state index is 0.0381. The molecule has 1 aromatic rings. The second kappa shape index (κ2) is 6.84. The minimum atomic E-state index is -2.78. The van der Waals surface area contributed by atoms with Crippen LogP contribution >= 0.6 is 0 Å². The maximum Gasteiger partial charge on any atom is 0.319 e. The van der Waals surface area contributed by atoms with Gasteiger partial charge in [0.25, 0.3) is 5.92 Å². The molecule has 0 spiro atoms. The zero-order chi connectivity index (χ0) is 15.3. The number of hydrogen-bond donors (Lipinski definition) is 3. The number of rotatable bonds is 5. The average molecular weight is 301 g/mol. The van der Waals surface area contributed by atoms with Crippen molar-refractivity contribution in [3.8, 4) is 0 Å². The Balaban J connectivity index is 1.78. The molecule has 0 radical (unpaired) electrons. The number of carbonyl (C=O) groups is 1. The van der Waals surface area contributed by atoms with E-state index in [1.54, 1.807) is 10.9 Å². The van der Waals surface area contributed by atoms with Gasteiger partial charge in [-0.15, -0.1) is 0 Å². The molecule has 118 valence electrons. The molecule has 1 aliphatic rings. The van der Waals surface area contributed by atoms with Gasteiger partial charge in [0.15, 0.2) is 0 Å². The smallest absolute Gasteiger partial charge is 0.319 e. The quantitative estimate of drug-likeness (QED) is 0.774. The normalized spacial score (nSPS) is 21.0. The molecule has 1 fully saturated rings. The predicted molar refractivity (Wildman–Crippen MR) is 75.5 cm³/mol. The van der Waals surface area contributed by atoms with Crippen LogP contribution < -0.4 is 16.0 Å². The highest BCUT2D eigenvalue weighted by molar-refractivity contribution is 5.88. The van der Waals surface area contributed by atoms with Crippen molar-refractivity contribution in [1.82, 2.24) is 20.4 Å². The lowest BCUT2D eigenvalue weighted by atomic mass is 9.94. The molecule has 2 heterocycles. The van der Waals surface area contributed by atoms with Crippen LogP contribution in [0.5, 0.6) is 0 Å². The molecular formula is C13H21F2N5O. The Morgan fingerprint density at radius 1 is 1.62 bits per heavy atom. The summed E-state index contributed by atoms with van der Waals surface area (Å²) in [4.78, 5) is 11.7. The lowest BCUT2D eigenvalue weighted by Crippen LogP contribution is -2.50. The van der Waals surface area contributed by atoms with Crippen LogP contribution in [0.4, 0.5) is 19.3 Å². The van der Waals surface area contributed by atoms with Gasteiger partial charge in [0.05, 0.1) is 18.4 Å². The van der Waals surface area contributed by atoms with E-state index in [4.69, 9.17) is 0 Å². The van der Waals surface area contributed by atoms with Crippen LogP contribution in [0.1, 0.15) is 19.8 Å².